The van der Waals surface area contributed by atoms with Gasteiger partial charge in [0.1, 0.15) is 12.4 Å². The first-order valence-electron chi connectivity index (χ1n) is 12.7. The van der Waals surface area contributed by atoms with Crippen molar-refractivity contribution in [2.45, 2.75) is 65.3 Å². The molecule has 2 aliphatic rings. The van der Waals surface area contributed by atoms with E-state index in [1.54, 1.807) is 11.3 Å². The lowest BCUT2D eigenvalue weighted by molar-refractivity contribution is -0.143. The average Bonchev–Trinajstić information content (AvgIpc) is 3.56. The van der Waals surface area contributed by atoms with Crippen molar-refractivity contribution in [1.82, 2.24) is 9.80 Å². The fraction of sp³-hybridized carbons (Fsp3) is 0.571. The summed E-state index contributed by atoms with van der Waals surface area (Å²) in [6.45, 7) is 10.6. The maximum atomic E-state index is 13.6. The number of ether oxygens (including phenoxy) is 1. The lowest BCUT2D eigenvalue weighted by Crippen LogP contribution is -2.48. The summed E-state index contributed by atoms with van der Waals surface area (Å²) in [6, 6.07) is 10.2. The predicted molar refractivity (Wildman–Crippen MR) is 137 cm³/mol. The highest BCUT2D eigenvalue weighted by atomic mass is 32.1. The fourth-order valence-corrected chi connectivity index (χ4v) is 5.45. The lowest BCUT2D eigenvalue weighted by atomic mass is 10.00. The van der Waals surface area contributed by atoms with Gasteiger partial charge in [-0.1, -0.05) is 39.8 Å². The van der Waals surface area contributed by atoms with Crippen LogP contribution in [0.15, 0.2) is 35.7 Å². The van der Waals surface area contributed by atoms with Gasteiger partial charge < -0.3 is 14.5 Å². The zero-order valence-corrected chi connectivity index (χ0v) is 21.8. The van der Waals surface area contributed by atoms with E-state index < -0.39 is 0 Å². The number of benzene rings is 1. The molecular formula is C28H38N2O3S. The maximum absolute atomic E-state index is 13.6. The normalized spacial score (nSPS) is 17.7. The second kappa shape index (κ2) is 10.9. The number of fused-ring (bicyclic) bond motifs is 1. The summed E-state index contributed by atoms with van der Waals surface area (Å²) in [4.78, 5) is 31.5. The Bertz CT molecular complexity index is 978. The van der Waals surface area contributed by atoms with E-state index in [4.69, 9.17) is 4.74 Å². The van der Waals surface area contributed by atoms with Crippen LogP contribution in [0.1, 0.15) is 74.9 Å². The number of rotatable bonds is 10. The molecule has 1 atom stereocenters. The molecule has 0 spiro atoms. The largest absolute Gasteiger partial charge is 0.491 e. The molecule has 1 saturated carbocycles. The molecule has 0 radical (unpaired) electrons. The fourth-order valence-electron chi connectivity index (χ4n) is 4.52. The number of carbonyl (C=O) groups is 2. The first kappa shape index (κ1) is 24.8. The SMILES string of the molecule is CC(C)CCN(CC(=O)N1CCc2sccc2C1COc1ccc(C(C)C)cc1)C(=O)C1CC1. The van der Waals surface area contributed by atoms with Gasteiger partial charge in [-0.05, 0) is 72.2 Å². The van der Waals surface area contributed by atoms with Crippen LogP contribution < -0.4 is 4.74 Å². The Balaban J connectivity index is 1.47. The number of hydrogen-bond acceptors (Lipinski definition) is 4. The second-order valence-electron chi connectivity index (χ2n) is 10.4. The first-order valence-corrected chi connectivity index (χ1v) is 13.6. The Hall–Kier alpha value is -2.34. The van der Waals surface area contributed by atoms with Gasteiger partial charge in [-0.25, -0.2) is 0 Å². The summed E-state index contributed by atoms with van der Waals surface area (Å²) in [5.74, 6) is 2.10. The molecule has 0 bridgehead atoms. The van der Waals surface area contributed by atoms with Gasteiger partial charge in [0.2, 0.25) is 11.8 Å². The molecule has 2 heterocycles. The number of hydrogen-bond donors (Lipinski definition) is 0. The Morgan fingerprint density at radius 3 is 2.50 bits per heavy atom. The highest BCUT2D eigenvalue weighted by Gasteiger charge is 2.37. The van der Waals surface area contributed by atoms with Crippen LogP contribution >= 0.6 is 11.3 Å². The molecule has 1 aliphatic carbocycles. The van der Waals surface area contributed by atoms with Gasteiger partial charge in [-0.15, -0.1) is 11.3 Å². The third-order valence-electron chi connectivity index (χ3n) is 6.91. The highest BCUT2D eigenvalue weighted by Crippen LogP contribution is 2.35. The van der Waals surface area contributed by atoms with E-state index in [2.05, 4.69) is 51.3 Å². The Morgan fingerprint density at radius 1 is 1.12 bits per heavy atom. The molecule has 5 nitrogen and oxygen atoms in total. The van der Waals surface area contributed by atoms with Gasteiger partial charge in [-0.2, -0.15) is 0 Å². The molecular weight excluding hydrogens is 444 g/mol. The molecule has 2 amide bonds. The Kier molecular flexibility index (Phi) is 7.97. The summed E-state index contributed by atoms with van der Waals surface area (Å²) in [5.41, 5.74) is 2.47. The number of thiophene rings is 1. The number of carbonyl (C=O) groups excluding carboxylic acids is 2. The van der Waals surface area contributed by atoms with E-state index in [1.807, 2.05) is 21.9 Å². The summed E-state index contributed by atoms with van der Waals surface area (Å²) < 4.78 is 6.20. The average molecular weight is 483 g/mol. The van der Waals surface area contributed by atoms with Crippen molar-refractivity contribution in [2.24, 2.45) is 11.8 Å². The molecule has 0 N–H and O–H groups in total. The summed E-state index contributed by atoms with van der Waals surface area (Å²) in [6.07, 6.45) is 3.69. The van der Waals surface area contributed by atoms with Crippen molar-refractivity contribution in [1.29, 1.82) is 0 Å². The predicted octanol–water partition coefficient (Wildman–Crippen LogP) is 5.66. The van der Waals surface area contributed by atoms with Crippen LogP contribution in [-0.2, 0) is 16.0 Å². The van der Waals surface area contributed by atoms with Crippen LogP contribution in [0.3, 0.4) is 0 Å². The van der Waals surface area contributed by atoms with Crippen molar-refractivity contribution < 1.29 is 14.3 Å². The monoisotopic (exact) mass is 482 g/mol. The van der Waals surface area contributed by atoms with Crippen LogP contribution in [0.5, 0.6) is 5.75 Å². The van der Waals surface area contributed by atoms with Crippen LogP contribution in [-0.4, -0.2) is 47.9 Å². The molecule has 1 aromatic carbocycles. The summed E-state index contributed by atoms with van der Waals surface area (Å²) >= 11 is 1.75. The first-order chi connectivity index (χ1) is 16.3. The van der Waals surface area contributed by atoms with Gasteiger partial charge in [0.05, 0.1) is 12.6 Å². The van der Waals surface area contributed by atoms with Crippen molar-refractivity contribution >= 4 is 23.2 Å². The van der Waals surface area contributed by atoms with E-state index in [-0.39, 0.29) is 30.3 Å². The maximum Gasteiger partial charge on any atom is 0.242 e. The van der Waals surface area contributed by atoms with E-state index in [0.717, 1.165) is 31.4 Å². The third kappa shape index (κ3) is 6.01. The van der Waals surface area contributed by atoms with Gasteiger partial charge >= 0.3 is 0 Å². The molecule has 1 fully saturated rings. The number of nitrogens with zero attached hydrogens (tertiary/aromatic N) is 2. The van der Waals surface area contributed by atoms with E-state index in [9.17, 15) is 9.59 Å². The Morgan fingerprint density at radius 2 is 1.85 bits per heavy atom. The highest BCUT2D eigenvalue weighted by molar-refractivity contribution is 7.10. The topological polar surface area (TPSA) is 49.9 Å². The molecule has 6 heteroatoms. The van der Waals surface area contributed by atoms with E-state index >= 15 is 0 Å². The van der Waals surface area contributed by atoms with Crippen LogP contribution in [0.4, 0.5) is 0 Å². The minimum Gasteiger partial charge on any atom is -0.491 e. The number of amides is 2. The van der Waals surface area contributed by atoms with Crippen molar-refractivity contribution in [3.63, 3.8) is 0 Å². The molecule has 1 aromatic heterocycles. The van der Waals surface area contributed by atoms with Gasteiger partial charge in [0.15, 0.2) is 0 Å². The van der Waals surface area contributed by atoms with Crippen LogP contribution in [0, 0.1) is 11.8 Å². The van der Waals surface area contributed by atoms with E-state index in [1.165, 1.54) is 16.0 Å². The van der Waals surface area contributed by atoms with Gasteiger partial charge in [-0.3, -0.25) is 9.59 Å². The second-order valence-corrected chi connectivity index (χ2v) is 11.4. The summed E-state index contributed by atoms with van der Waals surface area (Å²) in [5, 5.41) is 2.11. The standard InChI is InChI=1S/C28H38N2O3S/c1-19(2)11-14-29(28(32)22-5-6-22)17-27(31)30-15-12-26-24(13-16-34-26)25(30)18-33-23-9-7-21(8-10-23)20(3)4/h7-10,13,16,19-20,22,25H,5-6,11-12,14-15,17-18H2,1-4H3. The smallest absolute Gasteiger partial charge is 0.242 e. The molecule has 1 unspecified atom stereocenters. The zero-order valence-electron chi connectivity index (χ0n) is 21.0. The molecule has 34 heavy (non-hydrogen) atoms. The minimum absolute atomic E-state index is 0.0263. The van der Waals surface area contributed by atoms with Crippen LogP contribution in [0.25, 0.3) is 0 Å². The summed E-state index contributed by atoms with van der Waals surface area (Å²) in [7, 11) is 0. The zero-order chi connectivity index (χ0) is 24.2. The molecule has 0 saturated heterocycles. The van der Waals surface area contributed by atoms with E-state index in [0.29, 0.717) is 31.5 Å². The molecule has 4 rings (SSSR count). The lowest BCUT2D eigenvalue weighted by Gasteiger charge is -2.37. The van der Waals surface area contributed by atoms with Crippen LogP contribution in [0.2, 0.25) is 0 Å². The Labute approximate surface area is 208 Å². The quantitative estimate of drug-likeness (QED) is 0.439. The van der Waals surface area contributed by atoms with Gasteiger partial charge in [0, 0.05) is 23.9 Å². The molecule has 2 aromatic rings. The third-order valence-corrected chi connectivity index (χ3v) is 7.91. The van der Waals surface area contributed by atoms with Gasteiger partial charge in [0.25, 0.3) is 0 Å². The van der Waals surface area contributed by atoms with Crippen molar-refractivity contribution in [3.05, 3.63) is 51.7 Å². The molecule has 1 aliphatic heterocycles. The van der Waals surface area contributed by atoms with Crippen molar-refractivity contribution in [3.8, 4) is 5.75 Å². The molecule has 184 valence electrons. The minimum atomic E-state index is -0.129. The van der Waals surface area contributed by atoms with Crippen molar-refractivity contribution in [2.75, 3.05) is 26.2 Å².